The molecule has 2 nitrogen and oxygen atoms in total. The van der Waals surface area contributed by atoms with Crippen LogP contribution >= 0.6 is 11.6 Å². The Kier molecular flexibility index (Phi) is 3.41. The molecule has 3 heteroatoms. The molecule has 0 bridgehead atoms. The van der Waals surface area contributed by atoms with E-state index in [9.17, 15) is 5.26 Å². The molecular weight excluding hydrogens is 232 g/mol. The Bertz CT molecular complexity index is 572. The van der Waals surface area contributed by atoms with E-state index >= 15 is 0 Å². The van der Waals surface area contributed by atoms with Gasteiger partial charge in [0.05, 0.1) is 11.8 Å². The predicted octanol–water partition coefficient (Wildman–Crippen LogP) is 3.70. The normalized spacial score (nSPS) is 11.8. The van der Waals surface area contributed by atoms with Crippen molar-refractivity contribution in [2.75, 3.05) is 0 Å². The lowest BCUT2D eigenvalue weighted by Crippen LogP contribution is -2.02. The zero-order chi connectivity index (χ0) is 12.3. The smallest absolute Gasteiger partial charge is 0.115 e. The first kappa shape index (κ1) is 11.6. The Labute approximate surface area is 105 Å². The Morgan fingerprint density at radius 1 is 1.29 bits per heavy atom. The number of benzene rings is 1. The van der Waals surface area contributed by atoms with Gasteiger partial charge in [0.1, 0.15) is 5.92 Å². The molecular formula is C14H11ClN2. The standard InChI is InChI=1S/C14H11ClN2/c1-10-6-7-17-14(8-10)12(9-16)11-4-2-3-5-13(11)15/h2-8,12H,1H3. The number of hydrogen-bond acceptors (Lipinski definition) is 2. The molecule has 1 heterocycles. The second-order valence-electron chi connectivity index (χ2n) is 3.84. The van der Waals surface area contributed by atoms with Crippen LogP contribution in [0.1, 0.15) is 22.7 Å². The van der Waals surface area contributed by atoms with Crippen molar-refractivity contribution in [1.82, 2.24) is 4.98 Å². The first-order valence-corrected chi connectivity index (χ1v) is 5.67. The summed E-state index contributed by atoms with van der Waals surface area (Å²) in [6.07, 6.45) is 1.71. The molecule has 84 valence electrons. The molecule has 0 amide bonds. The second-order valence-corrected chi connectivity index (χ2v) is 4.25. The molecule has 0 aliphatic carbocycles. The Hall–Kier alpha value is -1.85. The number of pyridine rings is 1. The predicted molar refractivity (Wildman–Crippen MR) is 67.9 cm³/mol. The van der Waals surface area contributed by atoms with Crippen LogP contribution in [-0.2, 0) is 0 Å². The number of aryl methyl sites for hydroxylation is 1. The van der Waals surface area contributed by atoms with Gasteiger partial charge in [-0.25, -0.2) is 0 Å². The number of aromatic nitrogens is 1. The number of halogens is 1. The van der Waals surface area contributed by atoms with Crippen molar-refractivity contribution in [3.05, 3.63) is 64.4 Å². The number of hydrogen-bond donors (Lipinski definition) is 0. The summed E-state index contributed by atoms with van der Waals surface area (Å²) in [7, 11) is 0. The Morgan fingerprint density at radius 2 is 2.06 bits per heavy atom. The molecule has 0 saturated heterocycles. The fourth-order valence-corrected chi connectivity index (χ4v) is 1.97. The number of rotatable bonds is 2. The average Bonchev–Trinajstić information content (AvgIpc) is 2.33. The Morgan fingerprint density at radius 3 is 2.71 bits per heavy atom. The van der Waals surface area contributed by atoms with E-state index in [1.54, 1.807) is 12.3 Å². The summed E-state index contributed by atoms with van der Waals surface area (Å²) < 4.78 is 0. The summed E-state index contributed by atoms with van der Waals surface area (Å²) in [5.41, 5.74) is 2.62. The maximum atomic E-state index is 9.30. The van der Waals surface area contributed by atoms with Crippen LogP contribution in [0.3, 0.4) is 0 Å². The minimum Gasteiger partial charge on any atom is -0.260 e. The first-order chi connectivity index (χ1) is 8.22. The van der Waals surface area contributed by atoms with E-state index in [1.165, 1.54) is 0 Å². The fourth-order valence-electron chi connectivity index (χ4n) is 1.72. The summed E-state index contributed by atoms with van der Waals surface area (Å²) >= 11 is 6.11. The van der Waals surface area contributed by atoms with Crippen LogP contribution in [-0.4, -0.2) is 4.98 Å². The van der Waals surface area contributed by atoms with Crippen LogP contribution in [0.15, 0.2) is 42.6 Å². The van der Waals surface area contributed by atoms with E-state index in [1.807, 2.05) is 37.3 Å². The minimum absolute atomic E-state index is 0.413. The fraction of sp³-hybridized carbons (Fsp3) is 0.143. The lowest BCUT2D eigenvalue weighted by molar-refractivity contribution is 0.961. The van der Waals surface area contributed by atoms with E-state index in [4.69, 9.17) is 11.6 Å². The highest BCUT2D eigenvalue weighted by atomic mass is 35.5. The van der Waals surface area contributed by atoms with Crippen molar-refractivity contribution >= 4 is 11.6 Å². The topological polar surface area (TPSA) is 36.7 Å². The van der Waals surface area contributed by atoms with E-state index < -0.39 is 5.92 Å². The molecule has 0 spiro atoms. The van der Waals surface area contributed by atoms with Gasteiger partial charge in [-0.15, -0.1) is 0 Å². The van der Waals surface area contributed by atoms with Crippen molar-refractivity contribution < 1.29 is 0 Å². The summed E-state index contributed by atoms with van der Waals surface area (Å²) in [6.45, 7) is 1.98. The third-order valence-electron chi connectivity index (χ3n) is 2.58. The third kappa shape index (κ3) is 2.46. The van der Waals surface area contributed by atoms with Crippen LogP contribution in [0.5, 0.6) is 0 Å². The van der Waals surface area contributed by atoms with Gasteiger partial charge < -0.3 is 0 Å². The highest BCUT2D eigenvalue weighted by Gasteiger charge is 2.17. The third-order valence-corrected chi connectivity index (χ3v) is 2.92. The largest absolute Gasteiger partial charge is 0.260 e. The molecule has 1 atom stereocenters. The second kappa shape index (κ2) is 4.99. The Balaban J connectivity index is 2.49. The van der Waals surface area contributed by atoms with Gasteiger partial charge in [0.25, 0.3) is 0 Å². The highest BCUT2D eigenvalue weighted by Crippen LogP contribution is 2.28. The van der Waals surface area contributed by atoms with Gasteiger partial charge in [-0.2, -0.15) is 5.26 Å². The number of nitriles is 1. The number of nitrogens with zero attached hydrogens (tertiary/aromatic N) is 2. The molecule has 0 fully saturated rings. The maximum Gasteiger partial charge on any atom is 0.115 e. The van der Waals surface area contributed by atoms with E-state index in [-0.39, 0.29) is 0 Å². The van der Waals surface area contributed by atoms with Crippen LogP contribution < -0.4 is 0 Å². The molecule has 0 saturated carbocycles. The quantitative estimate of drug-likeness (QED) is 0.805. The zero-order valence-corrected chi connectivity index (χ0v) is 10.1. The van der Waals surface area contributed by atoms with Crippen molar-refractivity contribution in [2.45, 2.75) is 12.8 Å². The molecule has 17 heavy (non-hydrogen) atoms. The van der Waals surface area contributed by atoms with Gasteiger partial charge in [-0.1, -0.05) is 29.8 Å². The maximum absolute atomic E-state index is 9.30. The molecule has 0 radical (unpaired) electrons. The molecule has 1 aromatic heterocycles. The molecule has 1 aromatic carbocycles. The average molecular weight is 243 g/mol. The molecule has 0 aliphatic heterocycles. The van der Waals surface area contributed by atoms with Crippen LogP contribution in [0.2, 0.25) is 5.02 Å². The monoisotopic (exact) mass is 242 g/mol. The molecule has 0 aliphatic rings. The molecule has 1 unspecified atom stereocenters. The van der Waals surface area contributed by atoms with Gasteiger partial charge >= 0.3 is 0 Å². The van der Waals surface area contributed by atoms with E-state index in [0.29, 0.717) is 5.02 Å². The summed E-state index contributed by atoms with van der Waals surface area (Å²) in [6, 6.07) is 13.5. The first-order valence-electron chi connectivity index (χ1n) is 5.29. The van der Waals surface area contributed by atoms with Crippen molar-refractivity contribution in [1.29, 1.82) is 5.26 Å². The van der Waals surface area contributed by atoms with Gasteiger partial charge in [0, 0.05) is 11.2 Å². The molecule has 2 rings (SSSR count). The van der Waals surface area contributed by atoms with Gasteiger partial charge in [-0.05, 0) is 36.2 Å². The molecule has 2 aromatic rings. The SMILES string of the molecule is Cc1ccnc(C(C#N)c2ccccc2Cl)c1. The van der Waals surface area contributed by atoms with Crippen molar-refractivity contribution in [2.24, 2.45) is 0 Å². The minimum atomic E-state index is -0.413. The highest BCUT2D eigenvalue weighted by molar-refractivity contribution is 6.31. The van der Waals surface area contributed by atoms with Crippen LogP contribution in [0, 0.1) is 18.3 Å². The van der Waals surface area contributed by atoms with Crippen molar-refractivity contribution in [3.8, 4) is 6.07 Å². The zero-order valence-electron chi connectivity index (χ0n) is 9.39. The van der Waals surface area contributed by atoms with Crippen LogP contribution in [0.4, 0.5) is 0 Å². The summed E-state index contributed by atoms with van der Waals surface area (Å²) in [5.74, 6) is -0.413. The van der Waals surface area contributed by atoms with Gasteiger partial charge in [-0.3, -0.25) is 4.98 Å². The summed E-state index contributed by atoms with van der Waals surface area (Å²) in [4.78, 5) is 4.25. The van der Waals surface area contributed by atoms with Crippen molar-refractivity contribution in [3.63, 3.8) is 0 Å². The molecule has 0 N–H and O–H groups in total. The lowest BCUT2D eigenvalue weighted by atomic mass is 9.96. The van der Waals surface area contributed by atoms with Crippen LogP contribution in [0.25, 0.3) is 0 Å². The summed E-state index contributed by atoms with van der Waals surface area (Å²) in [5, 5.41) is 9.90. The van der Waals surface area contributed by atoms with Gasteiger partial charge in [0.15, 0.2) is 0 Å². The van der Waals surface area contributed by atoms with E-state index in [2.05, 4.69) is 11.1 Å². The van der Waals surface area contributed by atoms with Gasteiger partial charge in [0.2, 0.25) is 0 Å². The lowest BCUT2D eigenvalue weighted by Gasteiger charge is -2.11. The van der Waals surface area contributed by atoms with E-state index in [0.717, 1.165) is 16.8 Å².